The van der Waals surface area contributed by atoms with E-state index in [1.807, 2.05) is 4.90 Å². The molecule has 0 N–H and O–H groups in total. The number of rotatable bonds is 6. The first-order valence-corrected chi connectivity index (χ1v) is 11.3. The second-order valence-electron chi connectivity index (χ2n) is 7.05. The van der Waals surface area contributed by atoms with Gasteiger partial charge in [0.25, 0.3) is 21.4 Å². The molecule has 0 saturated carbocycles. The molecule has 1 saturated heterocycles. The molecule has 178 valence electrons. The number of carbonyl (C=O) groups excluding carboxylic acids is 1. The van der Waals surface area contributed by atoms with Crippen molar-refractivity contribution in [1.82, 2.24) is 0 Å². The minimum absolute atomic E-state index is 0.0416. The molecule has 0 bridgehead atoms. The highest BCUT2D eigenvalue weighted by Crippen LogP contribution is 2.32. The van der Waals surface area contributed by atoms with Crippen molar-refractivity contribution >= 4 is 32.8 Å². The van der Waals surface area contributed by atoms with E-state index < -0.39 is 31.1 Å². The summed E-state index contributed by atoms with van der Waals surface area (Å²) in [7, 11) is -5.53. The van der Waals surface area contributed by atoms with Crippen LogP contribution in [0, 0.1) is 10.1 Å². The number of amides is 1. The Morgan fingerprint density at radius 2 is 1.76 bits per heavy atom. The summed E-state index contributed by atoms with van der Waals surface area (Å²) in [5, 5.41) is 11.3. The number of nitro benzene ring substituents is 1. The molecule has 1 heterocycles. The number of halogens is 3. The summed E-state index contributed by atoms with van der Waals surface area (Å²) in [6.07, 6.45) is 0. The Hall–Kier alpha value is -3.19. The van der Waals surface area contributed by atoms with Crippen molar-refractivity contribution in [2.24, 2.45) is 0 Å². The Labute approximate surface area is 187 Å². The van der Waals surface area contributed by atoms with E-state index in [9.17, 15) is 36.5 Å². The molecule has 1 fully saturated rings. The summed E-state index contributed by atoms with van der Waals surface area (Å²) in [4.78, 5) is 26.2. The number of nitrogens with zero attached hydrogens (tertiary/aromatic N) is 3. The van der Waals surface area contributed by atoms with Crippen LogP contribution in [-0.2, 0) is 14.6 Å². The Bertz CT molecular complexity index is 1150. The normalized spacial score (nSPS) is 14.7. The van der Waals surface area contributed by atoms with E-state index in [1.54, 1.807) is 6.92 Å². The fraction of sp³-hybridized carbons (Fsp3) is 0.350. The predicted molar refractivity (Wildman–Crippen MR) is 113 cm³/mol. The Kier molecular flexibility index (Phi) is 6.93. The molecular formula is C20H20F3N3O6S. The van der Waals surface area contributed by atoms with Crippen molar-refractivity contribution in [2.45, 2.75) is 17.3 Å². The monoisotopic (exact) mass is 487 g/mol. The van der Waals surface area contributed by atoms with Gasteiger partial charge in [-0.05, 0) is 37.3 Å². The third kappa shape index (κ3) is 4.93. The number of hydrogen-bond donors (Lipinski definition) is 0. The molecule has 0 spiro atoms. The molecule has 0 unspecified atom stereocenters. The number of anilines is 2. The van der Waals surface area contributed by atoms with Gasteiger partial charge in [-0.2, -0.15) is 13.2 Å². The van der Waals surface area contributed by atoms with Crippen molar-refractivity contribution in [1.29, 1.82) is 0 Å². The molecule has 0 aromatic heterocycles. The SMILES string of the molecule is CCN(C(=O)c1cc([N+](=O)[O-])ccc1N1CCOCC1)c1ccc(S(=O)(=O)C(F)(F)F)cc1. The zero-order chi connectivity index (χ0) is 24.4. The highest BCUT2D eigenvalue weighted by atomic mass is 32.2. The van der Waals surface area contributed by atoms with Crippen LogP contribution in [0.4, 0.5) is 30.2 Å². The number of hydrogen-bond acceptors (Lipinski definition) is 7. The molecule has 0 atom stereocenters. The van der Waals surface area contributed by atoms with Crippen LogP contribution >= 0.6 is 0 Å². The number of morpholine rings is 1. The fourth-order valence-electron chi connectivity index (χ4n) is 3.42. The van der Waals surface area contributed by atoms with Gasteiger partial charge >= 0.3 is 5.51 Å². The van der Waals surface area contributed by atoms with E-state index in [0.717, 1.165) is 30.3 Å². The van der Waals surface area contributed by atoms with Crippen LogP contribution in [0.3, 0.4) is 0 Å². The minimum Gasteiger partial charge on any atom is -0.378 e. The van der Waals surface area contributed by atoms with Gasteiger partial charge in [0.2, 0.25) is 0 Å². The lowest BCUT2D eigenvalue weighted by Gasteiger charge is -2.31. The van der Waals surface area contributed by atoms with Gasteiger partial charge in [0.15, 0.2) is 0 Å². The summed E-state index contributed by atoms with van der Waals surface area (Å²) < 4.78 is 66.9. The van der Waals surface area contributed by atoms with Crippen LogP contribution in [0.25, 0.3) is 0 Å². The summed E-state index contributed by atoms with van der Waals surface area (Å²) in [6, 6.07) is 7.63. The standard InChI is InChI=1S/C20H20F3N3O6S/c1-2-25(14-3-6-16(7-4-14)33(30,31)20(21,22)23)19(27)17-13-15(26(28)29)5-8-18(17)24-9-11-32-12-10-24/h3-8,13H,2,9-12H2,1H3. The third-order valence-corrected chi connectivity index (χ3v) is 6.60. The Morgan fingerprint density at radius 1 is 1.15 bits per heavy atom. The lowest BCUT2D eigenvalue weighted by atomic mass is 10.1. The number of non-ortho nitro benzene ring substituents is 1. The number of nitro groups is 1. The van der Waals surface area contributed by atoms with Gasteiger partial charge in [-0.1, -0.05) is 0 Å². The molecule has 0 radical (unpaired) electrons. The van der Waals surface area contributed by atoms with E-state index in [1.165, 1.54) is 17.0 Å². The van der Waals surface area contributed by atoms with Gasteiger partial charge in [0.05, 0.1) is 34.3 Å². The van der Waals surface area contributed by atoms with E-state index in [-0.39, 0.29) is 23.5 Å². The van der Waals surface area contributed by atoms with E-state index >= 15 is 0 Å². The lowest BCUT2D eigenvalue weighted by molar-refractivity contribution is -0.384. The Morgan fingerprint density at radius 3 is 2.27 bits per heavy atom. The summed E-state index contributed by atoms with van der Waals surface area (Å²) in [6.45, 7) is 3.45. The third-order valence-electron chi connectivity index (χ3n) is 5.10. The topological polar surface area (TPSA) is 110 Å². The van der Waals surface area contributed by atoms with Gasteiger partial charge < -0.3 is 14.5 Å². The average molecular weight is 487 g/mol. The largest absolute Gasteiger partial charge is 0.501 e. The maximum absolute atomic E-state index is 13.4. The van der Waals surface area contributed by atoms with Gasteiger partial charge in [0.1, 0.15) is 0 Å². The molecule has 2 aromatic rings. The maximum Gasteiger partial charge on any atom is 0.501 e. The maximum atomic E-state index is 13.4. The van der Waals surface area contributed by atoms with Crippen LogP contribution < -0.4 is 9.80 Å². The molecular weight excluding hydrogens is 467 g/mol. The number of sulfone groups is 1. The predicted octanol–water partition coefficient (Wildman–Crippen LogP) is 3.39. The highest BCUT2D eigenvalue weighted by Gasteiger charge is 2.46. The smallest absolute Gasteiger partial charge is 0.378 e. The van der Waals surface area contributed by atoms with Crippen LogP contribution in [0.5, 0.6) is 0 Å². The zero-order valence-corrected chi connectivity index (χ0v) is 18.2. The second kappa shape index (κ2) is 9.35. The van der Waals surface area contributed by atoms with Crippen LogP contribution in [0.1, 0.15) is 17.3 Å². The second-order valence-corrected chi connectivity index (χ2v) is 8.99. The van der Waals surface area contributed by atoms with Crippen molar-refractivity contribution in [3.8, 4) is 0 Å². The number of carbonyl (C=O) groups is 1. The van der Waals surface area contributed by atoms with Crippen LogP contribution in [-0.4, -0.2) is 57.6 Å². The molecule has 13 heteroatoms. The zero-order valence-electron chi connectivity index (χ0n) is 17.4. The van der Waals surface area contributed by atoms with Gasteiger partial charge in [-0.25, -0.2) is 8.42 Å². The number of ether oxygens (including phenoxy) is 1. The highest BCUT2D eigenvalue weighted by molar-refractivity contribution is 7.92. The first kappa shape index (κ1) is 24.5. The average Bonchev–Trinajstić information content (AvgIpc) is 2.79. The molecule has 3 rings (SSSR count). The summed E-state index contributed by atoms with van der Waals surface area (Å²) in [5.41, 5.74) is -5.10. The van der Waals surface area contributed by atoms with Crippen molar-refractivity contribution in [3.63, 3.8) is 0 Å². The summed E-state index contributed by atoms with van der Waals surface area (Å²) in [5.74, 6) is -0.617. The van der Waals surface area contributed by atoms with Gasteiger partial charge in [0, 0.05) is 37.5 Å². The fourth-order valence-corrected chi connectivity index (χ4v) is 4.18. The number of alkyl halides is 3. The molecule has 2 aromatic carbocycles. The van der Waals surface area contributed by atoms with Crippen molar-refractivity contribution in [2.75, 3.05) is 42.6 Å². The lowest BCUT2D eigenvalue weighted by Crippen LogP contribution is -2.38. The Balaban J connectivity index is 2.00. The van der Waals surface area contributed by atoms with Crippen LogP contribution in [0.15, 0.2) is 47.4 Å². The number of benzene rings is 2. The molecule has 1 amide bonds. The van der Waals surface area contributed by atoms with E-state index in [2.05, 4.69) is 0 Å². The van der Waals surface area contributed by atoms with Crippen LogP contribution in [0.2, 0.25) is 0 Å². The summed E-state index contributed by atoms with van der Waals surface area (Å²) >= 11 is 0. The molecule has 1 aliphatic rings. The molecule has 33 heavy (non-hydrogen) atoms. The first-order chi connectivity index (χ1) is 15.5. The molecule has 1 aliphatic heterocycles. The van der Waals surface area contributed by atoms with Gasteiger partial charge in [-0.3, -0.25) is 14.9 Å². The van der Waals surface area contributed by atoms with Gasteiger partial charge in [-0.15, -0.1) is 0 Å². The van der Waals surface area contributed by atoms with E-state index in [4.69, 9.17) is 4.74 Å². The van der Waals surface area contributed by atoms with Crippen molar-refractivity contribution < 1.29 is 36.0 Å². The molecule has 9 nitrogen and oxygen atoms in total. The quantitative estimate of drug-likeness (QED) is 0.454. The minimum atomic E-state index is -5.53. The first-order valence-electron chi connectivity index (χ1n) is 9.81. The molecule has 0 aliphatic carbocycles. The van der Waals surface area contributed by atoms with E-state index in [0.29, 0.717) is 32.0 Å². The van der Waals surface area contributed by atoms with Crippen molar-refractivity contribution in [3.05, 3.63) is 58.1 Å².